The van der Waals surface area contributed by atoms with E-state index in [0.717, 1.165) is 0 Å². The first kappa shape index (κ1) is 15.0. The summed E-state index contributed by atoms with van der Waals surface area (Å²) in [4.78, 5) is 22.4. The zero-order valence-electron chi connectivity index (χ0n) is 11.7. The molecule has 1 amide bonds. The maximum Gasteiger partial charge on any atom is 0.277 e. The minimum absolute atomic E-state index is 0.0304. The van der Waals surface area contributed by atoms with E-state index in [4.69, 9.17) is 11.6 Å². The minimum Gasteiger partial charge on any atom is -0.320 e. The van der Waals surface area contributed by atoms with Crippen LogP contribution in [-0.2, 0) is 7.05 Å². The molecular formula is C13H13ClN4O3. The number of nitro groups is 1. The van der Waals surface area contributed by atoms with E-state index in [9.17, 15) is 14.9 Å². The van der Waals surface area contributed by atoms with Gasteiger partial charge in [0, 0.05) is 24.9 Å². The van der Waals surface area contributed by atoms with Gasteiger partial charge in [-0.05, 0) is 25.5 Å². The molecule has 0 atom stereocenters. The number of aryl methyl sites for hydroxylation is 2. The molecule has 0 radical (unpaired) electrons. The third kappa shape index (κ3) is 2.87. The smallest absolute Gasteiger partial charge is 0.277 e. The fourth-order valence-corrected chi connectivity index (χ4v) is 2.06. The minimum atomic E-state index is -0.489. The van der Waals surface area contributed by atoms with Crippen LogP contribution in [0.15, 0.2) is 18.2 Å². The summed E-state index contributed by atoms with van der Waals surface area (Å²) < 4.78 is 1.51. The van der Waals surface area contributed by atoms with Crippen LogP contribution in [-0.4, -0.2) is 20.6 Å². The first-order valence-electron chi connectivity index (χ1n) is 6.06. The van der Waals surface area contributed by atoms with E-state index in [0.29, 0.717) is 16.9 Å². The summed E-state index contributed by atoms with van der Waals surface area (Å²) in [5.74, 6) is -0.458. The van der Waals surface area contributed by atoms with Crippen LogP contribution in [0.2, 0.25) is 5.02 Å². The topological polar surface area (TPSA) is 90.1 Å². The Hall–Kier alpha value is -2.41. The number of nitrogens with one attached hydrogen (secondary N) is 1. The van der Waals surface area contributed by atoms with Gasteiger partial charge in [0.05, 0.1) is 15.6 Å². The standard InChI is InChI=1S/C13H13ClN4O3/c1-7-6-9(18(20)21)4-5-10(7)15-13(19)12-11(14)8(2)17(3)16-12/h4-6H,1-3H3,(H,15,19). The Morgan fingerprint density at radius 3 is 2.57 bits per heavy atom. The van der Waals surface area contributed by atoms with E-state index in [1.165, 1.54) is 22.9 Å². The molecule has 2 rings (SSSR count). The van der Waals surface area contributed by atoms with E-state index in [2.05, 4.69) is 10.4 Å². The fraction of sp³-hybridized carbons (Fsp3) is 0.231. The summed E-state index contributed by atoms with van der Waals surface area (Å²) in [6.45, 7) is 3.43. The van der Waals surface area contributed by atoms with Gasteiger partial charge >= 0.3 is 0 Å². The van der Waals surface area contributed by atoms with Crippen molar-refractivity contribution in [1.82, 2.24) is 9.78 Å². The number of carbonyl (C=O) groups excluding carboxylic acids is 1. The molecule has 0 bridgehead atoms. The number of aromatic nitrogens is 2. The van der Waals surface area contributed by atoms with E-state index in [-0.39, 0.29) is 16.4 Å². The summed E-state index contributed by atoms with van der Waals surface area (Å²) in [5.41, 5.74) is 1.83. The van der Waals surface area contributed by atoms with Crippen LogP contribution in [0.4, 0.5) is 11.4 Å². The number of anilines is 1. The molecule has 0 fully saturated rings. The normalized spacial score (nSPS) is 10.5. The molecule has 0 aliphatic carbocycles. The number of halogens is 1. The van der Waals surface area contributed by atoms with E-state index < -0.39 is 10.8 Å². The van der Waals surface area contributed by atoms with Crippen molar-refractivity contribution in [3.05, 3.63) is 50.3 Å². The fourth-order valence-electron chi connectivity index (χ4n) is 1.81. The van der Waals surface area contributed by atoms with Crippen molar-refractivity contribution < 1.29 is 9.72 Å². The number of benzene rings is 1. The van der Waals surface area contributed by atoms with Gasteiger partial charge in [0.25, 0.3) is 11.6 Å². The van der Waals surface area contributed by atoms with Gasteiger partial charge in [0.15, 0.2) is 5.69 Å². The SMILES string of the molecule is Cc1cc([N+](=O)[O-])ccc1NC(=O)c1nn(C)c(C)c1Cl. The Morgan fingerprint density at radius 1 is 1.43 bits per heavy atom. The van der Waals surface area contributed by atoms with Crippen molar-refractivity contribution >= 4 is 28.9 Å². The van der Waals surface area contributed by atoms with Gasteiger partial charge in [-0.2, -0.15) is 5.10 Å². The van der Waals surface area contributed by atoms with Crippen LogP contribution in [0.25, 0.3) is 0 Å². The summed E-state index contributed by atoms with van der Waals surface area (Å²) in [6, 6.07) is 4.20. The van der Waals surface area contributed by atoms with Crippen LogP contribution in [0.1, 0.15) is 21.7 Å². The molecule has 0 unspecified atom stereocenters. The van der Waals surface area contributed by atoms with Crippen molar-refractivity contribution in [2.45, 2.75) is 13.8 Å². The maximum atomic E-state index is 12.2. The van der Waals surface area contributed by atoms with E-state index in [1.54, 1.807) is 20.9 Å². The molecular weight excluding hydrogens is 296 g/mol. The Balaban J connectivity index is 2.27. The van der Waals surface area contributed by atoms with Crippen molar-refractivity contribution in [2.75, 3.05) is 5.32 Å². The van der Waals surface area contributed by atoms with Crippen LogP contribution >= 0.6 is 11.6 Å². The Kier molecular flexibility index (Phi) is 3.95. The average Bonchev–Trinajstić information content (AvgIpc) is 2.68. The van der Waals surface area contributed by atoms with Crippen LogP contribution in [0.3, 0.4) is 0 Å². The van der Waals surface area contributed by atoms with Crippen molar-refractivity contribution in [2.24, 2.45) is 7.05 Å². The highest BCUT2D eigenvalue weighted by Gasteiger charge is 2.19. The molecule has 0 spiro atoms. The second kappa shape index (κ2) is 5.53. The van der Waals surface area contributed by atoms with Gasteiger partial charge in [-0.25, -0.2) is 0 Å². The lowest BCUT2D eigenvalue weighted by molar-refractivity contribution is -0.384. The molecule has 0 saturated carbocycles. The number of rotatable bonds is 3. The van der Waals surface area contributed by atoms with Crippen molar-refractivity contribution in [3.63, 3.8) is 0 Å². The van der Waals surface area contributed by atoms with Gasteiger partial charge in [0.1, 0.15) is 0 Å². The number of nitro benzene ring substituents is 1. The Bertz CT molecular complexity index is 739. The van der Waals surface area contributed by atoms with Gasteiger partial charge in [-0.1, -0.05) is 11.6 Å². The average molecular weight is 309 g/mol. The van der Waals surface area contributed by atoms with Gasteiger partial charge in [-0.3, -0.25) is 19.6 Å². The number of nitrogens with zero attached hydrogens (tertiary/aromatic N) is 3. The molecule has 2 aromatic rings. The lowest BCUT2D eigenvalue weighted by Crippen LogP contribution is -2.14. The zero-order valence-corrected chi connectivity index (χ0v) is 12.4. The molecule has 1 aromatic heterocycles. The maximum absolute atomic E-state index is 12.2. The number of hydrogen-bond donors (Lipinski definition) is 1. The van der Waals surface area contributed by atoms with E-state index >= 15 is 0 Å². The third-order valence-corrected chi connectivity index (χ3v) is 3.60. The summed E-state index contributed by atoms with van der Waals surface area (Å²) in [6.07, 6.45) is 0. The van der Waals surface area contributed by atoms with Gasteiger partial charge in [0.2, 0.25) is 0 Å². The highest BCUT2D eigenvalue weighted by Crippen LogP contribution is 2.24. The molecule has 0 aliphatic rings. The molecule has 8 heteroatoms. The largest absolute Gasteiger partial charge is 0.320 e. The Labute approximate surface area is 125 Å². The second-order valence-corrected chi connectivity index (χ2v) is 4.96. The lowest BCUT2D eigenvalue weighted by atomic mass is 10.1. The molecule has 1 N–H and O–H groups in total. The molecule has 1 aromatic carbocycles. The summed E-state index contributed by atoms with van der Waals surface area (Å²) >= 11 is 6.05. The van der Waals surface area contributed by atoms with Crippen LogP contribution < -0.4 is 5.32 Å². The zero-order chi connectivity index (χ0) is 15.7. The highest BCUT2D eigenvalue weighted by molar-refractivity contribution is 6.34. The third-order valence-electron chi connectivity index (χ3n) is 3.15. The monoisotopic (exact) mass is 308 g/mol. The second-order valence-electron chi connectivity index (χ2n) is 4.58. The molecule has 0 saturated heterocycles. The Morgan fingerprint density at radius 2 is 2.10 bits per heavy atom. The number of carbonyl (C=O) groups is 1. The predicted octanol–water partition coefficient (Wildman–Crippen LogP) is 2.85. The highest BCUT2D eigenvalue weighted by atomic mass is 35.5. The molecule has 110 valence electrons. The summed E-state index contributed by atoms with van der Waals surface area (Å²) in [7, 11) is 1.69. The summed E-state index contributed by atoms with van der Waals surface area (Å²) in [5, 5.41) is 17.7. The number of hydrogen-bond acceptors (Lipinski definition) is 4. The number of amides is 1. The first-order valence-corrected chi connectivity index (χ1v) is 6.44. The van der Waals surface area contributed by atoms with Crippen LogP contribution in [0, 0.1) is 24.0 Å². The van der Waals surface area contributed by atoms with Crippen molar-refractivity contribution in [3.8, 4) is 0 Å². The molecule has 21 heavy (non-hydrogen) atoms. The predicted molar refractivity (Wildman–Crippen MR) is 78.7 cm³/mol. The van der Waals surface area contributed by atoms with Gasteiger partial charge in [-0.15, -0.1) is 0 Å². The van der Waals surface area contributed by atoms with Crippen molar-refractivity contribution in [1.29, 1.82) is 0 Å². The first-order chi connectivity index (χ1) is 9.81. The molecule has 1 heterocycles. The molecule has 7 nitrogen and oxygen atoms in total. The van der Waals surface area contributed by atoms with Crippen LogP contribution in [0.5, 0.6) is 0 Å². The lowest BCUT2D eigenvalue weighted by Gasteiger charge is -2.07. The van der Waals surface area contributed by atoms with Gasteiger partial charge < -0.3 is 5.32 Å². The van der Waals surface area contributed by atoms with E-state index in [1.807, 2.05) is 0 Å². The molecule has 0 aliphatic heterocycles. The quantitative estimate of drug-likeness (QED) is 0.697. The number of non-ortho nitro benzene ring substituents is 1.